The molecule has 1 aromatic heterocycles. The second-order valence-corrected chi connectivity index (χ2v) is 6.26. The van der Waals surface area contributed by atoms with Crippen molar-refractivity contribution in [1.82, 2.24) is 4.98 Å². The summed E-state index contributed by atoms with van der Waals surface area (Å²) in [5, 5.41) is 1.04. The van der Waals surface area contributed by atoms with Crippen molar-refractivity contribution >= 4 is 22.6 Å². The van der Waals surface area contributed by atoms with Crippen LogP contribution in [-0.4, -0.2) is 38.3 Å². The lowest BCUT2D eigenvalue weighted by molar-refractivity contribution is -0.120. The van der Waals surface area contributed by atoms with Crippen molar-refractivity contribution in [2.24, 2.45) is 0 Å². The summed E-state index contributed by atoms with van der Waals surface area (Å²) in [7, 11) is 3.20. The molecule has 0 fully saturated rings. The Morgan fingerprint density at radius 3 is 2.67 bits per heavy atom. The van der Waals surface area contributed by atoms with E-state index in [0.717, 1.165) is 28.6 Å². The van der Waals surface area contributed by atoms with Crippen molar-refractivity contribution in [1.29, 1.82) is 0 Å². The van der Waals surface area contributed by atoms with Crippen LogP contribution in [0.25, 0.3) is 10.9 Å². The van der Waals surface area contributed by atoms with Crippen LogP contribution in [0.2, 0.25) is 0 Å². The summed E-state index contributed by atoms with van der Waals surface area (Å²) in [5.74, 6) is 2.46. The highest BCUT2D eigenvalue weighted by Gasteiger charge is 2.27. The second kappa shape index (κ2) is 7.15. The molecule has 138 valence electrons. The molecule has 27 heavy (non-hydrogen) atoms. The highest BCUT2D eigenvalue weighted by Crippen LogP contribution is 2.31. The summed E-state index contributed by atoms with van der Waals surface area (Å²) in [4.78, 5) is 19.1. The molecule has 0 spiro atoms. The zero-order valence-electron chi connectivity index (χ0n) is 15.3. The molecule has 0 aliphatic carbocycles. The molecule has 1 amide bonds. The fourth-order valence-electron chi connectivity index (χ4n) is 3.26. The maximum absolute atomic E-state index is 12.7. The molecule has 0 radical (unpaired) electrons. The molecule has 0 saturated carbocycles. The number of carbonyl (C=O) groups is 1. The van der Waals surface area contributed by atoms with Crippen molar-refractivity contribution in [3.63, 3.8) is 0 Å². The summed E-state index contributed by atoms with van der Waals surface area (Å²) in [6.07, 6.45) is 0.782. The van der Waals surface area contributed by atoms with Crippen LogP contribution in [0.15, 0.2) is 48.5 Å². The number of aromatic nitrogens is 1. The van der Waals surface area contributed by atoms with Crippen LogP contribution in [-0.2, 0) is 11.2 Å². The zero-order valence-corrected chi connectivity index (χ0v) is 15.3. The first kappa shape index (κ1) is 17.1. The molecule has 2 aromatic carbocycles. The number of hydrogen-bond donors (Lipinski definition) is 0. The van der Waals surface area contributed by atoms with Crippen molar-refractivity contribution < 1.29 is 19.0 Å². The first-order valence-electron chi connectivity index (χ1n) is 8.73. The topological polar surface area (TPSA) is 60.9 Å². The van der Waals surface area contributed by atoms with Crippen molar-refractivity contribution in [3.05, 3.63) is 54.1 Å². The maximum atomic E-state index is 12.7. The normalized spacial score (nSPS) is 12.7. The van der Waals surface area contributed by atoms with E-state index in [1.54, 1.807) is 31.3 Å². The lowest BCUT2D eigenvalue weighted by atomic mass is 10.1. The smallest absolute Gasteiger partial charge is 0.266 e. The molecule has 0 atom stereocenters. The van der Waals surface area contributed by atoms with E-state index in [9.17, 15) is 4.79 Å². The highest BCUT2D eigenvalue weighted by molar-refractivity contribution is 5.97. The molecule has 2 heterocycles. The number of methoxy groups -OCH3 is 2. The fourth-order valence-corrected chi connectivity index (χ4v) is 3.26. The third-order valence-electron chi connectivity index (χ3n) is 4.66. The summed E-state index contributed by atoms with van der Waals surface area (Å²) < 4.78 is 16.2. The van der Waals surface area contributed by atoms with Gasteiger partial charge in [-0.25, -0.2) is 4.98 Å². The van der Waals surface area contributed by atoms with E-state index in [1.807, 2.05) is 30.3 Å². The van der Waals surface area contributed by atoms with E-state index in [0.29, 0.717) is 23.9 Å². The Balaban J connectivity index is 1.56. The van der Waals surface area contributed by atoms with Gasteiger partial charge in [-0.15, -0.1) is 0 Å². The third-order valence-corrected chi connectivity index (χ3v) is 4.66. The first-order chi connectivity index (χ1) is 13.2. The van der Waals surface area contributed by atoms with Gasteiger partial charge in [0.15, 0.2) is 18.1 Å². The summed E-state index contributed by atoms with van der Waals surface area (Å²) in [6.45, 7) is 0.529. The van der Waals surface area contributed by atoms with Crippen LogP contribution >= 0.6 is 0 Å². The maximum Gasteiger partial charge on any atom is 0.266 e. The summed E-state index contributed by atoms with van der Waals surface area (Å²) >= 11 is 0. The Kier molecular flexibility index (Phi) is 4.54. The molecule has 0 bridgehead atoms. The van der Waals surface area contributed by atoms with Gasteiger partial charge in [0.1, 0.15) is 11.6 Å². The fraction of sp³-hybridized carbons (Fsp3) is 0.238. The highest BCUT2D eigenvalue weighted by atomic mass is 16.5. The minimum atomic E-state index is -0.130. The average Bonchev–Trinajstić information content (AvgIpc) is 3.12. The van der Waals surface area contributed by atoms with Crippen LogP contribution in [0.1, 0.15) is 5.56 Å². The van der Waals surface area contributed by atoms with Crippen molar-refractivity contribution in [2.45, 2.75) is 6.42 Å². The van der Waals surface area contributed by atoms with Gasteiger partial charge in [0, 0.05) is 18.0 Å². The minimum absolute atomic E-state index is 0.0718. The van der Waals surface area contributed by atoms with Gasteiger partial charge in [-0.3, -0.25) is 9.69 Å². The van der Waals surface area contributed by atoms with Crippen LogP contribution in [0.3, 0.4) is 0 Å². The molecule has 1 aliphatic heterocycles. The molecule has 1 aliphatic rings. The molecule has 0 saturated heterocycles. The number of para-hydroxylation sites is 2. The predicted octanol–water partition coefficient (Wildman–Crippen LogP) is 3.22. The Morgan fingerprint density at radius 2 is 1.89 bits per heavy atom. The summed E-state index contributed by atoms with van der Waals surface area (Å²) in [6, 6.07) is 15.1. The average molecular weight is 364 g/mol. The van der Waals surface area contributed by atoms with Gasteiger partial charge in [-0.1, -0.05) is 12.1 Å². The number of anilines is 1. The number of nitrogens with zero attached hydrogens (tertiary/aromatic N) is 2. The molecule has 6 nitrogen and oxygen atoms in total. The van der Waals surface area contributed by atoms with Crippen LogP contribution in [0, 0.1) is 0 Å². The Hall–Kier alpha value is -3.28. The van der Waals surface area contributed by atoms with Gasteiger partial charge in [-0.2, -0.15) is 0 Å². The van der Waals surface area contributed by atoms with Gasteiger partial charge >= 0.3 is 0 Å². The number of benzene rings is 2. The lowest BCUT2D eigenvalue weighted by Crippen LogP contribution is -2.34. The van der Waals surface area contributed by atoms with Crippen LogP contribution < -0.4 is 19.1 Å². The van der Waals surface area contributed by atoms with Crippen LogP contribution in [0.5, 0.6) is 17.2 Å². The molecular formula is C21H20N2O4. The van der Waals surface area contributed by atoms with Crippen molar-refractivity contribution in [2.75, 3.05) is 32.3 Å². The quantitative estimate of drug-likeness (QED) is 0.696. The number of ether oxygens (including phenoxy) is 3. The number of carbonyl (C=O) groups excluding carboxylic acids is 1. The third kappa shape index (κ3) is 3.26. The lowest BCUT2D eigenvalue weighted by Gasteiger charge is -2.17. The number of rotatable bonds is 5. The number of hydrogen-bond acceptors (Lipinski definition) is 5. The second-order valence-electron chi connectivity index (χ2n) is 6.26. The molecule has 0 N–H and O–H groups in total. The minimum Gasteiger partial charge on any atom is -0.497 e. The zero-order chi connectivity index (χ0) is 18.8. The van der Waals surface area contributed by atoms with E-state index >= 15 is 0 Å². The van der Waals surface area contributed by atoms with Gasteiger partial charge in [0.05, 0.1) is 19.7 Å². The Morgan fingerprint density at radius 1 is 1.07 bits per heavy atom. The first-order valence-corrected chi connectivity index (χ1v) is 8.73. The van der Waals surface area contributed by atoms with E-state index in [2.05, 4.69) is 6.07 Å². The van der Waals surface area contributed by atoms with E-state index in [1.165, 1.54) is 0 Å². The van der Waals surface area contributed by atoms with E-state index in [4.69, 9.17) is 19.2 Å². The Bertz CT molecular complexity index is 1000. The number of amides is 1. The van der Waals surface area contributed by atoms with Gasteiger partial charge in [-0.05, 0) is 42.3 Å². The molecule has 3 aromatic rings. The molecule has 6 heteroatoms. The molecule has 4 rings (SSSR count). The van der Waals surface area contributed by atoms with Gasteiger partial charge < -0.3 is 14.2 Å². The molecule has 0 unspecified atom stereocenters. The van der Waals surface area contributed by atoms with E-state index in [-0.39, 0.29) is 12.5 Å². The predicted molar refractivity (Wildman–Crippen MR) is 103 cm³/mol. The van der Waals surface area contributed by atoms with Gasteiger partial charge in [0.2, 0.25) is 0 Å². The standard InChI is InChI=1S/C21H20N2O4/c1-25-16-8-7-14-11-15-9-10-23(21(15)22-17(14)12-16)20(24)13-27-19-6-4-3-5-18(19)26-2/h3-8,11-12H,9-10,13H2,1-2H3. The number of pyridine rings is 1. The van der Waals surface area contributed by atoms with Crippen molar-refractivity contribution in [3.8, 4) is 17.2 Å². The Labute approximate surface area is 157 Å². The van der Waals surface area contributed by atoms with Gasteiger partial charge in [0.25, 0.3) is 5.91 Å². The SMILES string of the molecule is COc1ccc2cc3c(nc2c1)N(C(=O)COc1ccccc1OC)CC3. The monoisotopic (exact) mass is 364 g/mol. The number of fused-ring (bicyclic) bond motifs is 2. The van der Waals surface area contributed by atoms with Crippen LogP contribution in [0.4, 0.5) is 5.82 Å². The largest absolute Gasteiger partial charge is 0.497 e. The molecular weight excluding hydrogens is 344 g/mol. The van der Waals surface area contributed by atoms with E-state index < -0.39 is 0 Å². The summed E-state index contributed by atoms with van der Waals surface area (Å²) in [5.41, 5.74) is 1.87.